The molecule has 0 radical (unpaired) electrons. The number of alkyl halides is 1. The van der Waals surface area contributed by atoms with E-state index in [4.69, 9.17) is 16.3 Å². The van der Waals surface area contributed by atoms with E-state index in [9.17, 15) is 0 Å². The zero-order chi connectivity index (χ0) is 13.1. The maximum Gasteiger partial charge on any atom is 0.237 e. The largest absolute Gasteiger partial charge is 0.437 e. The molecule has 1 aromatic heterocycles. The lowest BCUT2D eigenvalue weighted by molar-refractivity contribution is 0.455. The molecule has 0 aliphatic heterocycles. The third-order valence-electron chi connectivity index (χ3n) is 2.80. The maximum absolute atomic E-state index is 5.75. The number of benzene rings is 1. The number of hydrogen-bond donors (Lipinski definition) is 0. The van der Waals surface area contributed by atoms with Gasteiger partial charge in [0.15, 0.2) is 0 Å². The summed E-state index contributed by atoms with van der Waals surface area (Å²) in [6, 6.07) is 4.13. The number of nitrogens with zero attached hydrogens (tertiary/aromatic N) is 2. The average Bonchev–Trinajstić information content (AvgIpc) is 2.36. The van der Waals surface area contributed by atoms with Crippen molar-refractivity contribution in [1.29, 1.82) is 0 Å². The van der Waals surface area contributed by atoms with E-state index in [0.29, 0.717) is 11.8 Å². The van der Waals surface area contributed by atoms with Crippen LogP contribution in [-0.2, 0) is 5.88 Å². The van der Waals surface area contributed by atoms with Crippen LogP contribution in [0.15, 0.2) is 24.5 Å². The molecule has 94 valence electrons. The first kappa shape index (κ1) is 12.8. The maximum atomic E-state index is 5.75. The van der Waals surface area contributed by atoms with Gasteiger partial charge in [0, 0.05) is 0 Å². The van der Waals surface area contributed by atoms with Crippen LogP contribution in [0.3, 0.4) is 0 Å². The van der Waals surface area contributed by atoms with Crippen LogP contribution in [-0.4, -0.2) is 9.97 Å². The highest BCUT2D eigenvalue weighted by Gasteiger charge is 2.06. The average molecular weight is 263 g/mol. The Labute approximate surface area is 112 Å². The molecule has 0 unspecified atom stereocenters. The van der Waals surface area contributed by atoms with E-state index in [2.05, 4.69) is 23.0 Å². The van der Waals surface area contributed by atoms with Crippen molar-refractivity contribution < 1.29 is 4.74 Å². The molecular formula is C14H15ClN2O. The van der Waals surface area contributed by atoms with Gasteiger partial charge in [0.1, 0.15) is 5.75 Å². The van der Waals surface area contributed by atoms with E-state index < -0.39 is 0 Å². The second kappa shape index (κ2) is 5.36. The molecule has 0 saturated heterocycles. The van der Waals surface area contributed by atoms with Gasteiger partial charge in [-0.2, -0.15) is 0 Å². The zero-order valence-corrected chi connectivity index (χ0v) is 11.5. The highest BCUT2D eigenvalue weighted by atomic mass is 35.5. The molecule has 0 bridgehead atoms. The van der Waals surface area contributed by atoms with Crippen molar-refractivity contribution in [3.05, 3.63) is 46.9 Å². The first-order chi connectivity index (χ1) is 8.60. The molecule has 0 saturated carbocycles. The third kappa shape index (κ3) is 2.79. The smallest absolute Gasteiger partial charge is 0.237 e. The van der Waals surface area contributed by atoms with Crippen molar-refractivity contribution in [2.75, 3.05) is 0 Å². The minimum Gasteiger partial charge on any atom is -0.437 e. The Hall–Kier alpha value is -1.61. The van der Waals surface area contributed by atoms with Crippen molar-refractivity contribution in [1.82, 2.24) is 9.97 Å². The number of aromatic nitrogens is 2. The van der Waals surface area contributed by atoms with Crippen molar-refractivity contribution in [2.45, 2.75) is 26.7 Å². The van der Waals surface area contributed by atoms with E-state index in [1.54, 1.807) is 12.4 Å². The van der Waals surface area contributed by atoms with Crippen molar-refractivity contribution in [3.63, 3.8) is 0 Å². The molecule has 4 heteroatoms. The summed E-state index contributed by atoms with van der Waals surface area (Å²) in [5.41, 5.74) is 4.22. The lowest BCUT2D eigenvalue weighted by atomic mass is 10.1. The summed E-state index contributed by atoms with van der Waals surface area (Å²) < 4.78 is 5.75. The molecule has 0 N–H and O–H groups in total. The predicted octanol–water partition coefficient (Wildman–Crippen LogP) is 3.93. The normalized spacial score (nSPS) is 10.4. The minimum atomic E-state index is 0.357. The number of hydrogen-bond acceptors (Lipinski definition) is 3. The number of halogens is 1. The molecule has 2 rings (SSSR count). The second-order valence-electron chi connectivity index (χ2n) is 4.29. The first-order valence-electron chi connectivity index (χ1n) is 5.72. The van der Waals surface area contributed by atoms with Gasteiger partial charge in [0.05, 0.1) is 24.0 Å². The summed E-state index contributed by atoms with van der Waals surface area (Å²) in [5.74, 6) is 1.66. The van der Waals surface area contributed by atoms with Crippen LogP contribution in [0.25, 0.3) is 0 Å². The molecule has 0 aliphatic rings. The topological polar surface area (TPSA) is 35.0 Å². The van der Waals surface area contributed by atoms with Crippen molar-refractivity contribution in [3.8, 4) is 11.6 Å². The fourth-order valence-electron chi connectivity index (χ4n) is 1.68. The second-order valence-corrected chi connectivity index (χ2v) is 4.55. The Bertz CT molecular complexity index is 552. The van der Waals surface area contributed by atoms with E-state index in [1.807, 2.05) is 19.9 Å². The van der Waals surface area contributed by atoms with Gasteiger partial charge in [-0.1, -0.05) is 6.07 Å². The Balaban J connectivity index is 2.27. The van der Waals surface area contributed by atoms with Gasteiger partial charge in [-0.05, 0) is 43.5 Å². The van der Waals surface area contributed by atoms with E-state index in [1.165, 1.54) is 11.1 Å². The van der Waals surface area contributed by atoms with Crippen LogP contribution in [0.5, 0.6) is 11.6 Å². The molecule has 0 atom stereocenters. The third-order valence-corrected chi connectivity index (χ3v) is 3.07. The van der Waals surface area contributed by atoms with Gasteiger partial charge in [-0.3, -0.25) is 4.98 Å². The highest BCUT2D eigenvalue weighted by molar-refractivity contribution is 6.16. The fourth-order valence-corrected chi connectivity index (χ4v) is 1.82. The zero-order valence-electron chi connectivity index (χ0n) is 10.7. The highest BCUT2D eigenvalue weighted by Crippen LogP contribution is 2.27. The number of aryl methyl sites for hydroxylation is 2. The molecule has 2 aromatic rings. The molecule has 3 nitrogen and oxygen atoms in total. The Kier molecular flexibility index (Phi) is 3.82. The lowest BCUT2D eigenvalue weighted by Crippen LogP contribution is -1.95. The Morgan fingerprint density at radius 3 is 2.50 bits per heavy atom. The van der Waals surface area contributed by atoms with Crippen LogP contribution in [0.1, 0.15) is 22.4 Å². The van der Waals surface area contributed by atoms with Gasteiger partial charge in [-0.25, -0.2) is 4.98 Å². The van der Waals surface area contributed by atoms with Crippen molar-refractivity contribution >= 4 is 11.6 Å². The van der Waals surface area contributed by atoms with Crippen LogP contribution in [0, 0.1) is 20.8 Å². The van der Waals surface area contributed by atoms with Gasteiger partial charge < -0.3 is 4.74 Å². The summed E-state index contributed by atoms with van der Waals surface area (Å²) in [7, 11) is 0. The quantitative estimate of drug-likeness (QED) is 0.786. The van der Waals surface area contributed by atoms with Gasteiger partial charge >= 0.3 is 0 Å². The summed E-state index contributed by atoms with van der Waals surface area (Å²) >= 11 is 5.66. The molecule has 0 amide bonds. The predicted molar refractivity (Wildman–Crippen MR) is 72.3 cm³/mol. The molecular weight excluding hydrogens is 248 g/mol. The van der Waals surface area contributed by atoms with E-state index >= 15 is 0 Å². The Morgan fingerprint density at radius 2 is 1.89 bits per heavy atom. The minimum absolute atomic E-state index is 0.357. The van der Waals surface area contributed by atoms with Crippen LogP contribution in [0.4, 0.5) is 0 Å². The van der Waals surface area contributed by atoms with E-state index in [0.717, 1.165) is 17.0 Å². The number of rotatable bonds is 3. The monoisotopic (exact) mass is 262 g/mol. The molecule has 1 aromatic carbocycles. The molecule has 18 heavy (non-hydrogen) atoms. The van der Waals surface area contributed by atoms with E-state index in [-0.39, 0.29) is 0 Å². The standard InChI is InChI=1S/C14H15ClN2O/c1-9-4-10(2)11(3)13(5-9)18-14-8-16-12(6-15)7-17-14/h4-5,7-8H,6H2,1-3H3. The lowest BCUT2D eigenvalue weighted by Gasteiger charge is -2.11. The van der Waals surface area contributed by atoms with Crippen LogP contribution < -0.4 is 4.74 Å². The first-order valence-corrected chi connectivity index (χ1v) is 6.26. The number of ether oxygens (including phenoxy) is 1. The van der Waals surface area contributed by atoms with Crippen molar-refractivity contribution in [2.24, 2.45) is 0 Å². The molecule has 0 fully saturated rings. The SMILES string of the molecule is Cc1cc(C)c(C)c(Oc2cnc(CCl)cn2)c1. The summed E-state index contributed by atoms with van der Waals surface area (Å²) in [4.78, 5) is 8.32. The van der Waals surface area contributed by atoms with Gasteiger partial charge in [0.25, 0.3) is 0 Å². The Morgan fingerprint density at radius 1 is 1.11 bits per heavy atom. The molecule has 1 heterocycles. The summed E-state index contributed by atoms with van der Waals surface area (Å²) in [6.45, 7) is 6.14. The molecule has 0 spiro atoms. The van der Waals surface area contributed by atoms with Crippen LogP contribution >= 0.6 is 11.6 Å². The fraction of sp³-hybridized carbons (Fsp3) is 0.286. The summed E-state index contributed by atoms with van der Waals surface area (Å²) in [5, 5.41) is 0. The summed E-state index contributed by atoms with van der Waals surface area (Å²) in [6.07, 6.45) is 3.22. The van der Waals surface area contributed by atoms with Crippen LogP contribution in [0.2, 0.25) is 0 Å². The van der Waals surface area contributed by atoms with Gasteiger partial charge in [-0.15, -0.1) is 11.6 Å². The molecule has 0 aliphatic carbocycles. The van der Waals surface area contributed by atoms with Gasteiger partial charge in [0.2, 0.25) is 5.88 Å².